The number of amides is 2. The molecule has 0 bridgehead atoms. The van der Waals surface area contributed by atoms with Crippen molar-refractivity contribution < 1.29 is 14.7 Å². The molecule has 0 aliphatic rings. The van der Waals surface area contributed by atoms with Crippen LogP contribution in [0, 0.1) is 5.92 Å². The van der Waals surface area contributed by atoms with Gasteiger partial charge >= 0.3 is 12.0 Å². The first-order valence-electron chi connectivity index (χ1n) is 6.32. The minimum atomic E-state index is -0.998. The summed E-state index contributed by atoms with van der Waals surface area (Å²) in [5.74, 6) is -1.09. The van der Waals surface area contributed by atoms with E-state index in [1.165, 1.54) is 5.56 Å². The molecular formula is C13H20N2O3S. The van der Waals surface area contributed by atoms with Gasteiger partial charge < -0.3 is 15.7 Å². The minimum Gasteiger partial charge on any atom is -0.480 e. The molecule has 2 amide bonds. The number of aliphatic carboxylic acids is 1. The molecule has 3 N–H and O–H groups in total. The lowest BCUT2D eigenvalue weighted by atomic mass is 9.99. The van der Waals surface area contributed by atoms with E-state index in [0.717, 1.165) is 6.42 Å². The number of thiophene rings is 1. The number of carboxylic acid groups (broad SMARTS) is 1. The van der Waals surface area contributed by atoms with Gasteiger partial charge in [0.25, 0.3) is 0 Å². The molecule has 5 nitrogen and oxygen atoms in total. The lowest BCUT2D eigenvalue weighted by Crippen LogP contribution is -2.49. The maximum atomic E-state index is 11.6. The molecule has 106 valence electrons. The van der Waals surface area contributed by atoms with Crippen LogP contribution in [0.2, 0.25) is 0 Å². The SMILES string of the molecule is CC[C@H](C)[C@H](NC(=O)NCCc1ccsc1)C(=O)O. The average Bonchev–Trinajstić information content (AvgIpc) is 2.87. The lowest BCUT2D eigenvalue weighted by Gasteiger charge is -2.20. The zero-order valence-corrected chi connectivity index (χ0v) is 12.0. The third-order valence-electron chi connectivity index (χ3n) is 3.04. The molecule has 1 heterocycles. The van der Waals surface area contributed by atoms with E-state index < -0.39 is 18.0 Å². The Balaban J connectivity index is 2.34. The molecule has 1 rings (SSSR count). The summed E-state index contributed by atoms with van der Waals surface area (Å²) in [5, 5.41) is 18.2. The topological polar surface area (TPSA) is 78.4 Å². The highest BCUT2D eigenvalue weighted by molar-refractivity contribution is 7.07. The van der Waals surface area contributed by atoms with E-state index in [2.05, 4.69) is 10.6 Å². The zero-order valence-electron chi connectivity index (χ0n) is 11.2. The summed E-state index contributed by atoms with van der Waals surface area (Å²) in [6, 6.07) is 0.734. The molecule has 0 aromatic carbocycles. The molecule has 19 heavy (non-hydrogen) atoms. The second-order valence-corrected chi connectivity index (χ2v) is 5.26. The van der Waals surface area contributed by atoms with E-state index in [1.807, 2.05) is 30.7 Å². The number of carbonyl (C=O) groups excluding carboxylic acids is 1. The van der Waals surface area contributed by atoms with Crippen LogP contribution in [0.15, 0.2) is 16.8 Å². The van der Waals surface area contributed by atoms with Crippen LogP contribution in [0.1, 0.15) is 25.8 Å². The van der Waals surface area contributed by atoms with Gasteiger partial charge in [-0.2, -0.15) is 11.3 Å². The maximum absolute atomic E-state index is 11.6. The lowest BCUT2D eigenvalue weighted by molar-refractivity contribution is -0.140. The minimum absolute atomic E-state index is 0.0971. The fraction of sp³-hybridized carbons (Fsp3) is 0.538. The fourth-order valence-corrected chi connectivity index (χ4v) is 2.33. The molecule has 1 aromatic rings. The molecule has 0 radical (unpaired) electrons. The van der Waals surface area contributed by atoms with Gasteiger partial charge in [-0.25, -0.2) is 9.59 Å². The van der Waals surface area contributed by atoms with Gasteiger partial charge in [0.1, 0.15) is 6.04 Å². The van der Waals surface area contributed by atoms with Crippen LogP contribution in [0.4, 0.5) is 4.79 Å². The number of rotatable bonds is 7. The molecule has 6 heteroatoms. The van der Waals surface area contributed by atoms with Crippen LogP contribution in [-0.2, 0) is 11.2 Å². The number of urea groups is 1. The molecule has 0 saturated carbocycles. The van der Waals surface area contributed by atoms with Gasteiger partial charge in [-0.1, -0.05) is 20.3 Å². The first kappa shape index (κ1) is 15.5. The molecular weight excluding hydrogens is 264 g/mol. The highest BCUT2D eigenvalue weighted by Gasteiger charge is 2.24. The van der Waals surface area contributed by atoms with Crippen molar-refractivity contribution in [3.63, 3.8) is 0 Å². The predicted molar refractivity (Wildman–Crippen MR) is 75.4 cm³/mol. The Morgan fingerprint density at radius 1 is 1.47 bits per heavy atom. The van der Waals surface area contributed by atoms with Crippen molar-refractivity contribution >= 4 is 23.3 Å². The summed E-state index contributed by atoms with van der Waals surface area (Å²) >= 11 is 1.61. The highest BCUT2D eigenvalue weighted by atomic mass is 32.1. The van der Waals surface area contributed by atoms with E-state index in [9.17, 15) is 9.59 Å². The third kappa shape index (κ3) is 5.30. The van der Waals surface area contributed by atoms with E-state index in [-0.39, 0.29) is 5.92 Å². The van der Waals surface area contributed by atoms with Crippen LogP contribution < -0.4 is 10.6 Å². The largest absolute Gasteiger partial charge is 0.480 e. The summed E-state index contributed by atoms with van der Waals surface area (Å²) in [6.45, 7) is 4.20. The Hall–Kier alpha value is -1.56. The molecule has 0 unspecified atom stereocenters. The molecule has 0 aliphatic carbocycles. The summed E-state index contributed by atoms with van der Waals surface area (Å²) in [6.07, 6.45) is 1.45. The monoisotopic (exact) mass is 284 g/mol. The second kappa shape index (κ2) is 7.78. The van der Waals surface area contributed by atoms with Gasteiger partial charge in [0.15, 0.2) is 0 Å². The highest BCUT2D eigenvalue weighted by Crippen LogP contribution is 2.08. The summed E-state index contributed by atoms with van der Waals surface area (Å²) in [4.78, 5) is 22.7. The molecule has 0 fully saturated rings. The maximum Gasteiger partial charge on any atom is 0.326 e. The molecule has 1 aromatic heterocycles. The predicted octanol–water partition coefficient (Wildman–Crippen LogP) is 2.09. The van der Waals surface area contributed by atoms with Crippen LogP contribution in [-0.4, -0.2) is 29.7 Å². The Morgan fingerprint density at radius 3 is 2.74 bits per heavy atom. The van der Waals surface area contributed by atoms with Crippen LogP contribution in [0.3, 0.4) is 0 Å². The van der Waals surface area contributed by atoms with Crippen LogP contribution >= 0.6 is 11.3 Å². The van der Waals surface area contributed by atoms with Gasteiger partial charge in [0, 0.05) is 6.54 Å². The number of hydrogen-bond acceptors (Lipinski definition) is 3. The number of carboxylic acids is 1. The first-order chi connectivity index (χ1) is 9.04. The Morgan fingerprint density at radius 2 is 2.21 bits per heavy atom. The van der Waals surface area contributed by atoms with Crippen molar-refractivity contribution in [3.8, 4) is 0 Å². The quantitative estimate of drug-likeness (QED) is 0.717. The van der Waals surface area contributed by atoms with Gasteiger partial charge in [-0.05, 0) is 34.7 Å². The smallest absolute Gasteiger partial charge is 0.326 e. The van der Waals surface area contributed by atoms with Crippen molar-refractivity contribution in [2.45, 2.75) is 32.7 Å². The van der Waals surface area contributed by atoms with E-state index in [1.54, 1.807) is 11.3 Å². The fourth-order valence-electron chi connectivity index (χ4n) is 1.63. The van der Waals surface area contributed by atoms with Crippen molar-refractivity contribution in [1.29, 1.82) is 0 Å². The van der Waals surface area contributed by atoms with E-state index >= 15 is 0 Å². The van der Waals surface area contributed by atoms with E-state index in [0.29, 0.717) is 13.0 Å². The van der Waals surface area contributed by atoms with Gasteiger partial charge in [-0.3, -0.25) is 0 Å². The van der Waals surface area contributed by atoms with Crippen molar-refractivity contribution in [2.75, 3.05) is 6.54 Å². The van der Waals surface area contributed by atoms with Gasteiger partial charge in [-0.15, -0.1) is 0 Å². The second-order valence-electron chi connectivity index (χ2n) is 4.48. The van der Waals surface area contributed by atoms with Crippen molar-refractivity contribution in [3.05, 3.63) is 22.4 Å². The Bertz CT molecular complexity index is 406. The molecule has 0 aliphatic heterocycles. The first-order valence-corrected chi connectivity index (χ1v) is 7.27. The molecule has 0 spiro atoms. The number of nitrogens with one attached hydrogen (secondary N) is 2. The Kier molecular flexibility index (Phi) is 6.35. The molecule has 2 atom stereocenters. The summed E-state index contributed by atoms with van der Waals surface area (Å²) in [7, 11) is 0. The number of hydrogen-bond donors (Lipinski definition) is 3. The summed E-state index contributed by atoms with van der Waals surface area (Å²) < 4.78 is 0. The van der Waals surface area contributed by atoms with E-state index in [4.69, 9.17) is 5.11 Å². The van der Waals surface area contributed by atoms with Crippen molar-refractivity contribution in [2.24, 2.45) is 5.92 Å². The van der Waals surface area contributed by atoms with Gasteiger partial charge in [0.05, 0.1) is 0 Å². The molecule has 0 saturated heterocycles. The zero-order chi connectivity index (χ0) is 14.3. The Labute approximate surface area is 117 Å². The van der Waals surface area contributed by atoms with Gasteiger partial charge in [0.2, 0.25) is 0 Å². The van der Waals surface area contributed by atoms with Crippen molar-refractivity contribution in [1.82, 2.24) is 10.6 Å². The normalized spacial score (nSPS) is 13.6. The standard InChI is InChI=1S/C13H20N2O3S/c1-3-9(2)11(12(16)17)15-13(18)14-6-4-10-5-7-19-8-10/h5,7-9,11H,3-4,6H2,1-2H3,(H,16,17)(H2,14,15,18)/t9-,11-/m0/s1. The third-order valence-corrected chi connectivity index (χ3v) is 3.78. The van der Waals surface area contributed by atoms with Crippen LogP contribution in [0.25, 0.3) is 0 Å². The van der Waals surface area contributed by atoms with Crippen LogP contribution in [0.5, 0.6) is 0 Å². The average molecular weight is 284 g/mol. The number of carbonyl (C=O) groups is 2. The summed E-state index contributed by atoms with van der Waals surface area (Å²) in [5.41, 5.74) is 1.17.